The van der Waals surface area contributed by atoms with Crippen LogP contribution in [0.5, 0.6) is 0 Å². The third-order valence-corrected chi connectivity index (χ3v) is 6.01. The quantitative estimate of drug-likeness (QED) is 0.668. The third-order valence-electron chi connectivity index (χ3n) is 6.01. The van der Waals surface area contributed by atoms with E-state index in [1.54, 1.807) is 13.2 Å². The molecule has 1 amide bonds. The van der Waals surface area contributed by atoms with E-state index in [-0.39, 0.29) is 28.1 Å². The van der Waals surface area contributed by atoms with Gasteiger partial charge in [0.25, 0.3) is 5.91 Å². The first-order valence-electron chi connectivity index (χ1n) is 10.3. The first-order valence-corrected chi connectivity index (χ1v) is 10.3. The Morgan fingerprint density at radius 1 is 1.19 bits per heavy atom. The molecular formula is C24H25F2N3O2. The van der Waals surface area contributed by atoms with Crippen LogP contribution in [0.1, 0.15) is 34.3 Å². The Morgan fingerprint density at radius 3 is 2.65 bits per heavy atom. The fourth-order valence-corrected chi connectivity index (χ4v) is 4.35. The molecule has 1 aromatic heterocycles. The summed E-state index contributed by atoms with van der Waals surface area (Å²) in [6.07, 6.45) is 3.15. The summed E-state index contributed by atoms with van der Waals surface area (Å²) in [6.45, 7) is 3.76. The predicted molar refractivity (Wildman–Crippen MR) is 114 cm³/mol. The van der Waals surface area contributed by atoms with Crippen molar-refractivity contribution in [2.45, 2.75) is 25.2 Å². The number of ether oxygens (including phenoxy) is 1. The van der Waals surface area contributed by atoms with Crippen molar-refractivity contribution < 1.29 is 18.3 Å². The highest BCUT2D eigenvalue weighted by molar-refractivity contribution is 5.99. The molecule has 4 rings (SSSR count). The summed E-state index contributed by atoms with van der Waals surface area (Å²) in [5, 5.41) is 7.30. The van der Waals surface area contributed by atoms with Crippen molar-refractivity contribution in [3.63, 3.8) is 0 Å². The molecule has 2 aromatic carbocycles. The van der Waals surface area contributed by atoms with Gasteiger partial charge >= 0.3 is 0 Å². The molecule has 5 nitrogen and oxygen atoms in total. The normalized spacial score (nSPS) is 15.6. The van der Waals surface area contributed by atoms with Crippen LogP contribution < -0.4 is 5.32 Å². The van der Waals surface area contributed by atoms with E-state index in [4.69, 9.17) is 4.74 Å². The van der Waals surface area contributed by atoms with Gasteiger partial charge in [-0.15, -0.1) is 0 Å². The molecule has 162 valence electrons. The molecule has 0 radical (unpaired) electrons. The second-order valence-corrected chi connectivity index (χ2v) is 8.08. The molecule has 0 unspecified atom stereocenters. The highest BCUT2D eigenvalue weighted by atomic mass is 19.1. The number of carbonyl (C=O) groups is 1. The standard InChI is InChI=1S/C24H25F2N3O2/c1-16-5-3-4-6-20(16)24(9-11-31-12-10-24)15-27-23(30)19-14-29(2)28-22(19)18-8-7-17(25)13-21(18)26/h3-8,13-14H,9-12,15H2,1-2H3,(H,27,30). The average Bonchev–Trinajstić information content (AvgIpc) is 3.14. The van der Waals surface area contributed by atoms with Gasteiger partial charge in [0.1, 0.15) is 17.3 Å². The van der Waals surface area contributed by atoms with E-state index in [1.165, 1.54) is 21.9 Å². The molecule has 0 bridgehead atoms. The molecule has 0 saturated carbocycles. The van der Waals surface area contributed by atoms with Crippen LogP contribution in [0, 0.1) is 18.6 Å². The van der Waals surface area contributed by atoms with Crippen LogP contribution in [0.3, 0.4) is 0 Å². The van der Waals surface area contributed by atoms with Gasteiger partial charge < -0.3 is 10.1 Å². The third kappa shape index (κ3) is 4.23. The highest BCUT2D eigenvalue weighted by Crippen LogP contribution is 2.36. The van der Waals surface area contributed by atoms with Crippen molar-refractivity contribution in [3.05, 3.63) is 77.0 Å². The van der Waals surface area contributed by atoms with E-state index in [0.717, 1.165) is 25.0 Å². The van der Waals surface area contributed by atoms with Crippen LogP contribution in [0.2, 0.25) is 0 Å². The number of hydrogen-bond acceptors (Lipinski definition) is 3. The molecule has 1 saturated heterocycles. The smallest absolute Gasteiger partial charge is 0.255 e. The summed E-state index contributed by atoms with van der Waals surface area (Å²) >= 11 is 0. The van der Waals surface area contributed by atoms with Gasteiger partial charge in [-0.1, -0.05) is 24.3 Å². The minimum absolute atomic E-state index is 0.0897. The predicted octanol–water partition coefficient (Wildman–Crippen LogP) is 4.15. The molecular weight excluding hydrogens is 400 g/mol. The maximum atomic E-state index is 14.4. The number of aryl methyl sites for hydroxylation is 2. The Hall–Kier alpha value is -3.06. The number of benzene rings is 2. The summed E-state index contributed by atoms with van der Waals surface area (Å²) in [6, 6.07) is 11.4. The minimum Gasteiger partial charge on any atom is -0.381 e. The zero-order valence-corrected chi connectivity index (χ0v) is 17.6. The highest BCUT2D eigenvalue weighted by Gasteiger charge is 2.36. The molecule has 2 heterocycles. The van der Waals surface area contributed by atoms with E-state index < -0.39 is 11.6 Å². The lowest BCUT2D eigenvalue weighted by molar-refractivity contribution is 0.0485. The van der Waals surface area contributed by atoms with Gasteiger partial charge in [0.2, 0.25) is 0 Å². The zero-order chi connectivity index (χ0) is 22.0. The van der Waals surface area contributed by atoms with Crippen molar-refractivity contribution >= 4 is 5.91 Å². The number of carbonyl (C=O) groups excluding carboxylic acids is 1. The Labute approximate surface area is 180 Å². The Morgan fingerprint density at radius 2 is 1.94 bits per heavy atom. The van der Waals surface area contributed by atoms with Crippen LogP contribution in [0.4, 0.5) is 8.78 Å². The van der Waals surface area contributed by atoms with Gasteiger partial charge in [-0.3, -0.25) is 9.48 Å². The fourth-order valence-electron chi connectivity index (χ4n) is 4.35. The van der Waals surface area contributed by atoms with Crippen molar-refractivity contribution in [1.82, 2.24) is 15.1 Å². The molecule has 31 heavy (non-hydrogen) atoms. The Kier molecular flexibility index (Phi) is 5.87. The number of hydrogen-bond donors (Lipinski definition) is 1. The maximum Gasteiger partial charge on any atom is 0.255 e. The van der Waals surface area contributed by atoms with Crippen molar-refractivity contribution in [3.8, 4) is 11.3 Å². The summed E-state index contributed by atoms with van der Waals surface area (Å²) in [5.74, 6) is -1.78. The summed E-state index contributed by atoms with van der Waals surface area (Å²) in [5.41, 5.74) is 2.67. The first kappa shape index (κ1) is 21.2. The number of nitrogens with one attached hydrogen (secondary N) is 1. The second kappa shape index (κ2) is 8.59. The van der Waals surface area contributed by atoms with E-state index >= 15 is 0 Å². The second-order valence-electron chi connectivity index (χ2n) is 8.08. The lowest BCUT2D eigenvalue weighted by Crippen LogP contribution is -2.45. The van der Waals surface area contributed by atoms with Crippen LogP contribution in [-0.2, 0) is 17.2 Å². The average molecular weight is 425 g/mol. The largest absolute Gasteiger partial charge is 0.381 e. The summed E-state index contributed by atoms with van der Waals surface area (Å²) in [7, 11) is 1.66. The molecule has 1 N–H and O–H groups in total. The number of amides is 1. The van der Waals surface area contributed by atoms with Crippen LogP contribution >= 0.6 is 0 Å². The van der Waals surface area contributed by atoms with Crippen LogP contribution in [0.25, 0.3) is 11.3 Å². The number of aromatic nitrogens is 2. The monoisotopic (exact) mass is 425 g/mol. The summed E-state index contributed by atoms with van der Waals surface area (Å²) in [4.78, 5) is 13.1. The zero-order valence-electron chi connectivity index (χ0n) is 17.6. The number of nitrogens with zero attached hydrogens (tertiary/aromatic N) is 2. The Balaban J connectivity index is 1.62. The molecule has 0 spiro atoms. The van der Waals surface area contributed by atoms with Crippen molar-refractivity contribution in [1.29, 1.82) is 0 Å². The molecule has 1 aliphatic rings. The van der Waals surface area contributed by atoms with Crippen molar-refractivity contribution in [2.24, 2.45) is 7.05 Å². The topological polar surface area (TPSA) is 56.2 Å². The summed E-state index contributed by atoms with van der Waals surface area (Å²) < 4.78 is 34.7. The van der Waals surface area contributed by atoms with Gasteiger partial charge in [0.15, 0.2) is 0 Å². The van der Waals surface area contributed by atoms with Crippen LogP contribution in [-0.4, -0.2) is 35.4 Å². The first-order chi connectivity index (χ1) is 14.9. The van der Waals surface area contributed by atoms with E-state index in [1.807, 2.05) is 12.1 Å². The van der Waals surface area contributed by atoms with E-state index in [2.05, 4.69) is 29.5 Å². The number of rotatable bonds is 5. The minimum atomic E-state index is -0.756. The molecule has 1 fully saturated rings. The van der Waals surface area contributed by atoms with Gasteiger partial charge in [-0.25, -0.2) is 8.78 Å². The van der Waals surface area contributed by atoms with Gasteiger partial charge in [-0.2, -0.15) is 5.10 Å². The van der Waals surface area contributed by atoms with Crippen LogP contribution in [0.15, 0.2) is 48.7 Å². The van der Waals surface area contributed by atoms with Crippen molar-refractivity contribution in [2.75, 3.05) is 19.8 Å². The molecule has 0 atom stereocenters. The van der Waals surface area contributed by atoms with E-state index in [9.17, 15) is 13.6 Å². The molecule has 7 heteroatoms. The molecule has 1 aliphatic heterocycles. The van der Waals surface area contributed by atoms with Gasteiger partial charge in [0.05, 0.1) is 5.56 Å². The molecule has 0 aliphatic carbocycles. The lowest BCUT2D eigenvalue weighted by Gasteiger charge is -2.39. The SMILES string of the molecule is Cc1ccccc1C1(CNC(=O)c2cn(C)nc2-c2ccc(F)cc2F)CCOCC1. The van der Waals surface area contributed by atoms with Gasteiger partial charge in [-0.05, 0) is 43.0 Å². The lowest BCUT2D eigenvalue weighted by atomic mass is 9.72. The fraction of sp³-hybridized carbons (Fsp3) is 0.333. The van der Waals surface area contributed by atoms with Gasteiger partial charge in [0, 0.05) is 50.0 Å². The number of halogens is 2. The molecule has 3 aromatic rings. The van der Waals surface area contributed by atoms with E-state index in [0.29, 0.717) is 19.8 Å². The Bertz CT molecular complexity index is 1100. The maximum absolute atomic E-state index is 14.4.